The van der Waals surface area contributed by atoms with Crippen molar-refractivity contribution in [2.75, 3.05) is 26.7 Å². The number of carbonyl (C=O) groups is 2. The summed E-state index contributed by atoms with van der Waals surface area (Å²) < 4.78 is 13.5. The van der Waals surface area contributed by atoms with Gasteiger partial charge in [-0.05, 0) is 57.0 Å². The van der Waals surface area contributed by atoms with Crippen LogP contribution in [0.3, 0.4) is 0 Å². The van der Waals surface area contributed by atoms with Crippen LogP contribution in [-0.4, -0.2) is 43.4 Å². The molecule has 5 nitrogen and oxygen atoms in total. The number of carbonyl (C=O) groups excluding carboxylic acids is 2. The van der Waals surface area contributed by atoms with Gasteiger partial charge in [0, 0.05) is 32.0 Å². The summed E-state index contributed by atoms with van der Waals surface area (Å²) >= 11 is 0. The molecule has 26 heavy (non-hydrogen) atoms. The van der Waals surface area contributed by atoms with Crippen LogP contribution in [0.1, 0.15) is 36.8 Å². The number of halogens is 2. The average Bonchev–Trinajstić information content (AvgIpc) is 2.62. The molecule has 2 rings (SSSR count). The first-order chi connectivity index (χ1) is 12.0. The molecule has 0 atom stereocenters. The maximum absolute atomic E-state index is 13.5. The van der Waals surface area contributed by atoms with Crippen LogP contribution >= 0.6 is 12.4 Å². The summed E-state index contributed by atoms with van der Waals surface area (Å²) in [7, 11) is 1.87. The fourth-order valence-electron chi connectivity index (χ4n) is 3.05. The summed E-state index contributed by atoms with van der Waals surface area (Å²) in [6, 6.07) is 5.00. The van der Waals surface area contributed by atoms with Crippen molar-refractivity contribution in [2.24, 2.45) is 5.92 Å². The van der Waals surface area contributed by atoms with E-state index in [1.165, 1.54) is 6.07 Å². The van der Waals surface area contributed by atoms with Crippen molar-refractivity contribution in [1.82, 2.24) is 15.5 Å². The molecule has 2 amide bonds. The number of piperidine rings is 1. The van der Waals surface area contributed by atoms with E-state index in [9.17, 15) is 14.0 Å². The number of rotatable bonds is 7. The highest BCUT2D eigenvalue weighted by atomic mass is 35.5. The van der Waals surface area contributed by atoms with E-state index in [0.29, 0.717) is 44.5 Å². The fourth-order valence-corrected chi connectivity index (χ4v) is 3.05. The molecular formula is C19H29ClFN3O2. The number of nitrogens with one attached hydrogen (secondary N) is 2. The molecule has 1 aromatic carbocycles. The molecule has 1 heterocycles. The number of hydrogen-bond acceptors (Lipinski definition) is 3. The Bertz CT molecular complexity index is 604. The molecule has 0 bridgehead atoms. The summed E-state index contributed by atoms with van der Waals surface area (Å²) in [5, 5.41) is 5.92. The third-order valence-corrected chi connectivity index (χ3v) is 4.74. The molecule has 0 aliphatic carbocycles. The maximum Gasteiger partial charge on any atom is 0.223 e. The molecule has 146 valence electrons. The van der Waals surface area contributed by atoms with Crippen LogP contribution in [0.25, 0.3) is 0 Å². The molecule has 1 saturated heterocycles. The van der Waals surface area contributed by atoms with E-state index >= 15 is 0 Å². The van der Waals surface area contributed by atoms with Crippen molar-refractivity contribution in [3.05, 3.63) is 35.1 Å². The van der Waals surface area contributed by atoms with Crippen LogP contribution in [0.15, 0.2) is 18.2 Å². The molecule has 1 aliphatic heterocycles. The van der Waals surface area contributed by atoms with E-state index < -0.39 is 0 Å². The van der Waals surface area contributed by atoms with E-state index in [2.05, 4.69) is 10.6 Å². The maximum atomic E-state index is 13.5. The van der Waals surface area contributed by atoms with Crippen LogP contribution in [-0.2, 0) is 16.1 Å². The van der Waals surface area contributed by atoms with Gasteiger partial charge in [-0.15, -0.1) is 12.4 Å². The van der Waals surface area contributed by atoms with Crippen molar-refractivity contribution < 1.29 is 14.0 Å². The normalized spacial score (nSPS) is 14.7. The predicted octanol–water partition coefficient (Wildman–Crippen LogP) is 2.41. The van der Waals surface area contributed by atoms with E-state index in [-0.39, 0.29) is 36.0 Å². The number of aryl methyl sites for hydroxylation is 1. The zero-order chi connectivity index (χ0) is 18.2. The smallest absolute Gasteiger partial charge is 0.223 e. The molecule has 0 radical (unpaired) electrons. The average molecular weight is 386 g/mol. The topological polar surface area (TPSA) is 61.4 Å². The van der Waals surface area contributed by atoms with E-state index in [4.69, 9.17) is 0 Å². The number of nitrogens with zero attached hydrogens (tertiary/aromatic N) is 1. The highest BCUT2D eigenvalue weighted by Gasteiger charge is 2.26. The third-order valence-electron chi connectivity index (χ3n) is 4.74. The van der Waals surface area contributed by atoms with Gasteiger partial charge in [-0.25, -0.2) is 4.39 Å². The quantitative estimate of drug-likeness (QED) is 0.708. The van der Waals surface area contributed by atoms with Crippen LogP contribution in [0.5, 0.6) is 0 Å². The second-order valence-corrected chi connectivity index (χ2v) is 6.66. The van der Waals surface area contributed by atoms with Crippen molar-refractivity contribution in [3.8, 4) is 0 Å². The number of amides is 2. The van der Waals surface area contributed by atoms with Gasteiger partial charge < -0.3 is 15.5 Å². The Morgan fingerprint density at radius 2 is 1.96 bits per heavy atom. The SMILES string of the molecule is CNCCCC(=O)N1CCC(C(=O)NCc2ccc(C)c(F)c2)CC1.Cl. The first-order valence-electron chi connectivity index (χ1n) is 8.96. The number of benzene rings is 1. The minimum atomic E-state index is -0.253. The number of likely N-dealkylation sites (tertiary alicyclic amines) is 1. The van der Waals surface area contributed by atoms with E-state index in [1.54, 1.807) is 13.0 Å². The lowest BCUT2D eigenvalue weighted by Crippen LogP contribution is -2.43. The number of hydrogen-bond donors (Lipinski definition) is 2. The van der Waals surface area contributed by atoms with Gasteiger partial charge in [0.2, 0.25) is 11.8 Å². The molecule has 0 unspecified atom stereocenters. The summed E-state index contributed by atoms with van der Waals surface area (Å²) in [6.45, 7) is 4.15. The van der Waals surface area contributed by atoms with Crippen LogP contribution in [0.2, 0.25) is 0 Å². The van der Waals surface area contributed by atoms with Gasteiger partial charge in [-0.1, -0.05) is 12.1 Å². The van der Waals surface area contributed by atoms with Gasteiger partial charge in [-0.3, -0.25) is 9.59 Å². The standard InChI is InChI=1S/C19H28FN3O2.ClH/c1-14-5-6-15(12-17(14)20)13-22-19(25)16-7-10-23(11-8-16)18(24)4-3-9-21-2;/h5-6,12,16,21H,3-4,7-11,13H2,1-2H3,(H,22,25);1H. The van der Waals surface area contributed by atoms with Gasteiger partial charge in [0.1, 0.15) is 5.82 Å². The lowest BCUT2D eigenvalue weighted by atomic mass is 9.95. The van der Waals surface area contributed by atoms with Crippen molar-refractivity contribution >= 4 is 24.2 Å². The fraction of sp³-hybridized carbons (Fsp3) is 0.579. The molecule has 0 spiro atoms. The molecule has 1 fully saturated rings. The molecule has 1 aromatic rings. The van der Waals surface area contributed by atoms with Crippen molar-refractivity contribution in [1.29, 1.82) is 0 Å². The molecule has 0 aromatic heterocycles. The Hall–Kier alpha value is -1.66. The molecular weight excluding hydrogens is 357 g/mol. The molecule has 7 heteroatoms. The second kappa shape index (κ2) is 11.1. The first kappa shape index (κ1) is 22.4. The Morgan fingerprint density at radius 1 is 1.27 bits per heavy atom. The zero-order valence-electron chi connectivity index (χ0n) is 15.5. The third kappa shape index (κ3) is 6.57. The Labute approximate surface area is 161 Å². The van der Waals surface area contributed by atoms with Gasteiger partial charge in [0.15, 0.2) is 0 Å². The van der Waals surface area contributed by atoms with Gasteiger partial charge in [0.05, 0.1) is 0 Å². The van der Waals surface area contributed by atoms with E-state index in [1.807, 2.05) is 18.0 Å². The van der Waals surface area contributed by atoms with Crippen molar-refractivity contribution in [3.63, 3.8) is 0 Å². The monoisotopic (exact) mass is 385 g/mol. The summed E-state index contributed by atoms with van der Waals surface area (Å²) in [5.41, 5.74) is 1.36. The van der Waals surface area contributed by atoms with Gasteiger partial charge in [-0.2, -0.15) is 0 Å². The van der Waals surface area contributed by atoms with E-state index in [0.717, 1.165) is 18.5 Å². The predicted molar refractivity (Wildman–Crippen MR) is 103 cm³/mol. The summed E-state index contributed by atoms with van der Waals surface area (Å²) in [4.78, 5) is 26.2. The Morgan fingerprint density at radius 3 is 2.58 bits per heavy atom. The van der Waals surface area contributed by atoms with Gasteiger partial charge in [0.25, 0.3) is 0 Å². The first-order valence-corrected chi connectivity index (χ1v) is 8.96. The highest BCUT2D eigenvalue weighted by molar-refractivity contribution is 5.85. The molecule has 0 saturated carbocycles. The Balaban J connectivity index is 0.00000338. The Kier molecular flexibility index (Phi) is 9.59. The summed E-state index contributed by atoms with van der Waals surface area (Å²) in [6.07, 6.45) is 2.76. The second-order valence-electron chi connectivity index (χ2n) is 6.66. The lowest BCUT2D eigenvalue weighted by Gasteiger charge is -2.31. The van der Waals surface area contributed by atoms with Gasteiger partial charge >= 0.3 is 0 Å². The molecule has 2 N–H and O–H groups in total. The minimum absolute atomic E-state index is 0. The molecule has 1 aliphatic rings. The van der Waals surface area contributed by atoms with Crippen LogP contribution in [0, 0.1) is 18.7 Å². The van der Waals surface area contributed by atoms with Crippen LogP contribution in [0.4, 0.5) is 4.39 Å². The zero-order valence-corrected chi connectivity index (χ0v) is 16.3. The highest BCUT2D eigenvalue weighted by Crippen LogP contribution is 2.18. The lowest BCUT2D eigenvalue weighted by molar-refractivity contribution is -0.135. The van der Waals surface area contributed by atoms with Crippen LogP contribution < -0.4 is 10.6 Å². The summed E-state index contributed by atoms with van der Waals surface area (Å²) in [5.74, 6) is -0.166. The van der Waals surface area contributed by atoms with Crippen molar-refractivity contribution in [2.45, 2.75) is 39.2 Å². The largest absolute Gasteiger partial charge is 0.352 e. The minimum Gasteiger partial charge on any atom is -0.352 e.